The van der Waals surface area contributed by atoms with Crippen molar-refractivity contribution in [2.24, 2.45) is 0 Å². The van der Waals surface area contributed by atoms with E-state index in [2.05, 4.69) is 15.0 Å². The van der Waals surface area contributed by atoms with Gasteiger partial charge in [0.15, 0.2) is 5.65 Å². The first-order chi connectivity index (χ1) is 17.3. The maximum Gasteiger partial charge on any atom is 0.410 e. The van der Waals surface area contributed by atoms with Crippen LogP contribution < -0.4 is 10.6 Å². The van der Waals surface area contributed by atoms with Crippen LogP contribution in [0.15, 0.2) is 23.1 Å². The molecule has 1 saturated heterocycles. The molecule has 1 atom stereocenters. The molecule has 9 nitrogen and oxygen atoms in total. The van der Waals surface area contributed by atoms with Crippen LogP contribution in [-0.2, 0) is 4.74 Å². The van der Waals surface area contributed by atoms with E-state index < -0.39 is 11.3 Å². The van der Waals surface area contributed by atoms with Crippen LogP contribution in [0.25, 0.3) is 16.7 Å². The molecule has 0 saturated carbocycles. The summed E-state index contributed by atoms with van der Waals surface area (Å²) in [7, 11) is 0. The van der Waals surface area contributed by atoms with Crippen LogP contribution in [0.3, 0.4) is 0 Å². The molecule has 1 aliphatic rings. The first-order valence-electron chi connectivity index (χ1n) is 12.3. The summed E-state index contributed by atoms with van der Waals surface area (Å²) in [6, 6.07) is 3.40. The second-order valence-electron chi connectivity index (χ2n) is 10.7. The van der Waals surface area contributed by atoms with E-state index in [0.717, 1.165) is 11.3 Å². The molecule has 4 rings (SSSR count). The van der Waals surface area contributed by atoms with Gasteiger partial charge in [0, 0.05) is 31.9 Å². The third kappa shape index (κ3) is 5.38. The third-order valence-electron chi connectivity index (χ3n) is 6.23. The first-order valence-corrected chi connectivity index (χ1v) is 13.0. The van der Waals surface area contributed by atoms with Crippen molar-refractivity contribution >= 4 is 46.1 Å². The zero-order chi connectivity index (χ0) is 27.2. The van der Waals surface area contributed by atoms with Crippen molar-refractivity contribution in [3.05, 3.63) is 50.2 Å². The SMILES string of the molecule is Cc1ccnc(C(C)C)c1-n1c(=O)nc(N2CCN(C(=O)OC(C)(C)C)C[C@H]2C)c2cc(Cl)c(Cl)nc21. The Balaban J connectivity index is 1.85. The van der Waals surface area contributed by atoms with Gasteiger partial charge in [-0.05, 0) is 58.2 Å². The molecule has 0 aliphatic carbocycles. The average molecular weight is 547 g/mol. The Bertz CT molecular complexity index is 1420. The summed E-state index contributed by atoms with van der Waals surface area (Å²) in [4.78, 5) is 43.6. The molecular formula is C26H32Cl2N6O3. The number of carbonyl (C=O) groups is 1. The molecule has 0 radical (unpaired) electrons. The normalized spacial score (nSPS) is 16.5. The van der Waals surface area contributed by atoms with Crippen LogP contribution in [0.5, 0.6) is 0 Å². The molecule has 0 aromatic carbocycles. The molecule has 198 valence electrons. The molecule has 0 N–H and O–H groups in total. The van der Waals surface area contributed by atoms with Gasteiger partial charge < -0.3 is 14.5 Å². The van der Waals surface area contributed by atoms with E-state index >= 15 is 0 Å². The van der Waals surface area contributed by atoms with Gasteiger partial charge in [-0.15, -0.1) is 0 Å². The van der Waals surface area contributed by atoms with E-state index in [0.29, 0.717) is 42.2 Å². The second-order valence-corrected chi connectivity index (χ2v) is 11.4. The number of amides is 1. The largest absolute Gasteiger partial charge is 0.444 e. The van der Waals surface area contributed by atoms with Crippen LogP contribution >= 0.6 is 23.2 Å². The second kappa shape index (κ2) is 10.1. The number of halogens is 2. The fourth-order valence-corrected chi connectivity index (χ4v) is 4.84. The lowest BCUT2D eigenvalue weighted by Crippen LogP contribution is -2.55. The van der Waals surface area contributed by atoms with Crippen LogP contribution in [-0.4, -0.2) is 61.8 Å². The summed E-state index contributed by atoms with van der Waals surface area (Å²) < 4.78 is 7.02. The fourth-order valence-electron chi connectivity index (χ4n) is 4.55. The highest BCUT2D eigenvalue weighted by Crippen LogP contribution is 2.33. The lowest BCUT2D eigenvalue weighted by Gasteiger charge is -2.41. The number of pyridine rings is 2. The number of piperazine rings is 1. The standard InChI is InChI=1S/C26H32Cl2N6O3/c1-14(2)19-20(15(3)8-9-29-19)34-23-17(12-18(27)21(28)30-23)22(31-24(34)35)33-11-10-32(13-16(33)4)25(36)37-26(5,6)7/h8-9,12,14,16H,10-11,13H2,1-7H3/t16-/m1/s1. The van der Waals surface area contributed by atoms with Crippen molar-refractivity contribution in [2.45, 2.75) is 66.0 Å². The van der Waals surface area contributed by atoms with Gasteiger partial charge in [-0.25, -0.2) is 19.1 Å². The number of anilines is 1. The summed E-state index contributed by atoms with van der Waals surface area (Å²) in [5, 5.41) is 0.939. The number of hydrogen-bond acceptors (Lipinski definition) is 7. The van der Waals surface area contributed by atoms with E-state index in [1.54, 1.807) is 17.2 Å². The number of carbonyl (C=O) groups excluding carboxylic acids is 1. The van der Waals surface area contributed by atoms with Crippen molar-refractivity contribution < 1.29 is 9.53 Å². The highest BCUT2D eigenvalue weighted by atomic mass is 35.5. The predicted molar refractivity (Wildman–Crippen MR) is 146 cm³/mol. The molecule has 0 spiro atoms. The molecule has 0 unspecified atom stereocenters. The number of aryl methyl sites for hydroxylation is 1. The Morgan fingerprint density at radius 1 is 1.19 bits per heavy atom. The molecule has 3 aromatic heterocycles. The monoisotopic (exact) mass is 546 g/mol. The molecule has 4 heterocycles. The van der Waals surface area contributed by atoms with Crippen molar-refractivity contribution in [2.75, 3.05) is 24.5 Å². The highest BCUT2D eigenvalue weighted by molar-refractivity contribution is 6.41. The summed E-state index contributed by atoms with van der Waals surface area (Å²) in [6.45, 7) is 14.7. The smallest absolute Gasteiger partial charge is 0.410 e. The number of rotatable bonds is 3. The van der Waals surface area contributed by atoms with Crippen LogP contribution in [0.1, 0.15) is 58.7 Å². The Labute approximate surface area is 226 Å². The number of nitrogens with zero attached hydrogens (tertiary/aromatic N) is 6. The Hall–Kier alpha value is -2.91. The average Bonchev–Trinajstić information content (AvgIpc) is 2.79. The van der Waals surface area contributed by atoms with Crippen molar-refractivity contribution in [3.63, 3.8) is 0 Å². The van der Waals surface area contributed by atoms with Crippen LogP contribution in [0, 0.1) is 6.92 Å². The maximum absolute atomic E-state index is 13.7. The van der Waals surface area contributed by atoms with Gasteiger partial charge in [-0.2, -0.15) is 4.98 Å². The number of aromatic nitrogens is 4. The van der Waals surface area contributed by atoms with Crippen LogP contribution in [0.4, 0.5) is 10.6 Å². The summed E-state index contributed by atoms with van der Waals surface area (Å²) >= 11 is 12.8. The Kier molecular flexibility index (Phi) is 7.41. The Morgan fingerprint density at radius 3 is 2.51 bits per heavy atom. The van der Waals surface area contributed by atoms with Gasteiger partial charge in [0.05, 0.1) is 21.8 Å². The minimum atomic E-state index is -0.583. The van der Waals surface area contributed by atoms with E-state index in [4.69, 9.17) is 27.9 Å². The van der Waals surface area contributed by atoms with Gasteiger partial charge in [-0.3, -0.25) is 4.98 Å². The molecule has 37 heavy (non-hydrogen) atoms. The highest BCUT2D eigenvalue weighted by Gasteiger charge is 2.32. The molecule has 0 bridgehead atoms. The topological polar surface area (TPSA) is 93.5 Å². The molecule has 1 fully saturated rings. The minimum Gasteiger partial charge on any atom is -0.444 e. The molecule has 1 amide bonds. The van der Waals surface area contributed by atoms with Gasteiger partial charge in [-0.1, -0.05) is 37.0 Å². The fraction of sp³-hybridized carbons (Fsp3) is 0.500. The quantitative estimate of drug-likeness (QED) is 0.408. The van der Waals surface area contributed by atoms with Gasteiger partial charge in [0.25, 0.3) is 0 Å². The number of hydrogen-bond donors (Lipinski definition) is 0. The molecular weight excluding hydrogens is 515 g/mol. The predicted octanol–water partition coefficient (Wildman–Crippen LogP) is 5.36. The van der Waals surface area contributed by atoms with Gasteiger partial charge in [0.1, 0.15) is 16.6 Å². The molecule has 11 heteroatoms. The van der Waals surface area contributed by atoms with E-state index in [1.165, 1.54) is 4.57 Å². The zero-order valence-electron chi connectivity index (χ0n) is 22.2. The molecule has 1 aliphatic heterocycles. The van der Waals surface area contributed by atoms with Gasteiger partial charge >= 0.3 is 11.8 Å². The van der Waals surface area contributed by atoms with Gasteiger partial charge in [0.2, 0.25) is 0 Å². The molecule has 3 aromatic rings. The Morgan fingerprint density at radius 2 is 1.89 bits per heavy atom. The maximum atomic E-state index is 13.7. The van der Waals surface area contributed by atoms with Crippen molar-refractivity contribution in [3.8, 4) is 5.69 Å². The van der Waals surface area contributed by atoms with E-state index in [-0.39, 0.29) is 28.2 Å². The minimum absolute atomic E-state index is 0.0558. The first kappa shape index (κ1) is 27.1. The number of fused-ring (bicyclic) bond motifs is 1. The number of ether oxygens (including phenoxy) is 1. The summed E-state index contributed by atoms with van der Waals surface area (Å²) in [6.07, 6.45) is 1.36. The summed E-state index contributed by atoms with van der Waals surface area (Å²) in [5.41, 5.74) is 1.53. The summed E-state index contributed by atoms with van der Waals surface area (Å²) in [5.74, 6) is 0.506. The van der Waals surface area contributed by atoms with E-state index in [9.17, 15) is 9.59 Å². The lowest BCUT2D eigenvalue weighted by atomic mass is 10.0. The lowest BCUT2D eigenvalue weighted by molar-refractivity contribution is 0.0218. The van der Waals surface area contributed by atoms with E-state index in [1.807, 2.05) is 59.4 Å². The zero-order valence-corrected chi connectivity index (χ0v) is 23.7. The van der Waals surface area contributed by atoms with Crippen LogP contribution in [0.2, 0.25) is 10.2 Å². The van der Waals surface area contributed by atoms with Crippen molar-refractivity contribution in [1.29, 1.82) is 0 Å². The van der Waals surface area contributed by atoms with Crippen molar-refractivity contribution in [1.82, 2.24) is 24.4 Å². The third-order valence-corrected chi connectivity index (χ3v) is 6.91.